The average molecular weight is 468 g/mol. The van der Waals surface area contributed by atoms with Gasteiger partial charge in [-0.3, -0.25) is 9.48 Å². The van der Waals surface area contributed by atoms with Crippen LogP contribution in [0.2, 0.25) is 0 Å². The first kappa shape index (κ1) is 22.0. The minimum Gasteiger partial charge on any atom is -0.336 e. The van der Waals surface area contributed by atoms with E-state index < -0.39 is 10.0 Å². The van der Waals surface area contributed by atoms with Crippen molar-refractivity contribution in [1.82, 2.24) is 24.0 Å². The molecule has 1 aliphatic heterocycles. The van der Waals surface area contributed by atoms with Gasteiger partial charge < -0.3 is 4.90 Å². The molecule has 1 saturated carbocycles. The zero-order valence-electron chi connectivity index (χ0n) is 19.5. The number of nitrogens with zero attached hydrogens (tertiary/aromatic N) is 5. The van der Waals surface area contributed by atoms with E-state index in [4.69, 9.17) is 4.98 Å². The first-order chi connectivity index (χ1) is 15.7. The number of rotatable bonds is 4. The van der Waals surface area contributed by atoms with Gasteiger partial charge in [0, 0.05) is 44.8 Å². The van der Waals surface area contributed by atoms with Crippen molar-refractivity contribution >= 4 is 27.0 Å². The molecule has 3 heterocycles. The summed E-state index contributed by atoms with van der Waals surface area (Å²) in [5, 5.41) is 5.28. The summed E-state index contributed by atoms with van der Waals surface area (Å²) >= 11 is 0. The molecule has 5 rings (SSSR count). The number of piperazine rings is 1. The average Bonchev–Trinajstić information content (AvgIpc) is 3.60. The number of hydrogen-bond acceptors (Lipinski definition) is 5. The highest BCUT2D eigenvalue weighted by Crippen LogP contribution is 2.40. The fourth-order valence-corrected chi connectivity index (χ4v) is 6.38. The van der Waals surface area contributed by atoms with Crippen LogP contribution in [0.5, 0.6) is 0 Å². The molecule has 8 nitrogen and oxygen atoms in total. The van der Waals surface area contributed by atoms with E-state index in [0.29, 0.717) is 29.5 Å². The normalized spacial score (nSPS) is 17.6. The number of carbonyl (C=O) groups excluding carboxylic acids is 1. The number of benzene rings is 1. The molecule has 0 N–H and O–H groups in total. The zero-order valence-corrected chi connectivity index (χ0v) is 20.3. The van der Waals surface area contributed by atoms with Crippen LogP contribution in [-0.2, 0) is 17.1 Å². The lowest BCUT2D eigenvalue weighted by atomic mass is 10.1. The number of pyridine rings is 1. The summed E-state index contributed by atoms with van der Waals surface area (Å²) in [5.41, 5.74) is 4.73. The van der Waals surface area contributed by atoms with Gasteiger partial charge in [-0.1, -0.05) is 12.1 Å². The fraction of sp³-hybridized carbons (Fsp3) is 0.458. The van der Waals surface area contributed by atoms with Gasteiger partial charge in [-0.15, -0.1) is 0 Å². The molecule has 33 heavy (non-hydrogen) atoms. The highest BCUT2D eigenvalue weighted by Gasteiger charge is 2.33. The van der Waals surface area contributed by atoms with Gasteiger partial charge in [0.25, 0.3) is 5.91 Å². The van der Waals surface area contributed by atoms with E-state index >= 15 is 0 Å². The van der Waals surface area contributed by atoms with Gasteiger partial charge in [-0.2, -0.15) is 9.40 Å². The van der Waals surface area contributed by atoms with Crippen LogP contribution in [0.4, 0.5) is 0 Å². The molecule has 1 amide bonds. The quantitative estimate of drug-likeness (QED) is 0.589. The molecular formula is C24H29N5O3S. The fourth-order valence-electron chi connectivity index (χ4n) is 4.65. The lowest BCUT2D eigenvalue weighted by molar-refractivity contribution is 0.0699. The molecule has 0 bridgehead atoms. The Labute approximate surface area is 194 Å². The Bertz CT molecular complexity index is 1370. The van der Waals surface area contributed by atoms with Gasteiger partial charge >= 0.3 is 0 Å². The molecule has 2 aliphatic rings. The van der Waals surface area contributed by atoms with Crippen LogP contribution in [0.15, 0.2) is 29.2 Å². The molecule has 9 heteroatoms. The maximum atomic E-state index is 13.6. The second-order valence-corrected chi connectivity index (χ2v) is 11.1. The second kappa shape index (κ2) is 7.92. The van der Waals surface area contributed by atoms with E-state index in [0.717, 1.165) is 46.4 Å². The summed E-state index contributed by atoms with van der Waals surface area (Å²) in [7, 11) is -1.75. The molecule has 174 valence electrons. The largest absolute Gasteiger partial charge is 0.336 e. The third-order valence-electron chi connectivity index (χ3n) is 6.70. The third-order valence-corrected chi connectivity index (χ3v) is 8.74. The van der Waals surface area contributed by atoms with Crippen LogP contribution in [0.25, 0.3) is 11.0 Å². The van der Waals surface area contributed by atoms with Gasteiger partial charge in [-0.25, -0.2) is 13.4 Å². The molecule has 0 unspecified atom stereocenters. The number of sulfonamides is 1. The Morgan fingerprint density at radius 3 is 2.39 bits per heavy atom. The summed E-state index contributed by atoms with van der Waals surface area (Å²) in [5.74, 6) is 0.333. The van der Waals surface area contributed by atoms with Crippen LogP contribution in [0.1, 0.15) is 51.6 Å². The minimum atomic E-state index is -3.60. The highest BCUT2D eigenvalue weighted by molar-refractivity contribution is 7.89. The number of aromatic nitrogens is 3. The van der Waals surface area contributed by atoms with E-state index in [2.05, 4.69) is 5.10 Å². The van der Waals surface area contributed by atoms with Crippen molar-refractivity contribution in [3.63, 3.8) is 0 Å². The van der Waals surface area contributed by atoms with E-state index in [9.17, 15) is 13.2 Å². The number of hydrogen-bond donors (Lipinski definition) is 0. The Morgan fingerprint density at radius 2 is 1.73 bits per heavy atom. The monoisotopic (exact) mass is 467 g/mol. The van der Waals surface area contributed by atoms with Gasteiger partial charge in [0.15, 0.2) is 5.65 Å². The van der Waals surface area contributed by atoms with Crippen molar-refractivity contribution in [1.29, 1.82) is 0 Å². The Morgan fingerprint density at radius 1 is 1.03 bits per heavy atom. The second-order valence-electron chi connectivity index (χ2n) is 9.24. The molecule has 0 radical (unpaired) electrons. The molecular weight excluding hydrogens is 438 g/mol. The van der Waals surface area contributed by atoms with Crippen LogP contribution >= 0.6 is 0 Å². The molecule has 3 aromatic rings. The van der Waals surface area contributed by atoms with E-state index in [1.54, 1.807) is 15.6 Å². The number of carbonyl (C=O) groups is 1. The number of amides is 1. The number of aryl methyl sites for hydroxylation is 4. The minimum absolute atomic E-state index is 0.0795. The summed E-state index contributed by atoms with van der Waals surface area (Å²) in [4.78, 5) is 20.5. The summed E-state index contributed by atoms with van der Waals surface area (Å²) in [6, 6.07) is 7.40. The predicted octanol–water partition coefficient (Wildman–Crippen LogP) is 2.92. The van der Waals surface area contributed by atoms with Crippen molar-refractivity contribution in [3.05, 3.63) is 52.3 Å². The summed E-state index contributed by atoms with van der Waals surface area (Å²) in [6.07, 6.45) is 2.19. The predicted molar refractivity (Wildman–Crippen MR) is 126 cm³/mol. The smallest absolute Gasteiger partial charge is 0.254 e. The lowest BCUT2D eigenvalue weighted by Gasteiger charge is -2.34. The van der Waals surface area contributed by atoms with Crippen molar-refractivity contribution in [3.8, 4) is 0 Å². The van der Waals surface area contributed by atoms with Crippen LogP contribution in [0, 0.1) is 20.8 Å². The van der Waals surface area contributed by atoms with E-state index in [1.165, 1.54) is 4.31 Å². The van der Waals surface area contributed by atoms with Crippen LogP contribution in [-0.4, -0.2) is 64.5 Å². The molecule has 2 aromatic heterocycles. The molecule has 1 aliphatic carbocycles. The van der Waals surface area contributed by atoms with Gasteiger partial charge in [0.1, 0.15) is 0 Å². The topological polar surface area (TPSA) is 88.4 Å². The highest BCUT2D eigenvalue weighted by atomic mass is 32.2. The van der Waals surface area contributed by atoms with Crippen molar-refractivity contribution < 1.29 is 13.2 Å². The van der Waals surface area contributed by atoms with E-state index in [-0.39, 0.29) is 19.0 Å². The van der Waals surface area contributed by atoms with Crippen LogP contribution in [0.3, 0.4) is 0 Å². The van der Waals surface area contributed by atoms with Gasteiger partial charge in [0.2, 0.25) is 10.0 Å². The third kappa shape index (κ3) is 3.83. The zero-order chi connectivity index (χ0) is 23.5. The molecule has 1 saturated heterocycles. The Kier molecular flexibility index (Phi) is 5.29. The van der Waals surface area contributed by atoms with Crippen molar-refractivity contribution in [2.45, 2.75) is 44.4 Å². The Hall–Kier alpha value is -2.78. The summed E-state index contributed by atoms with van der Waals surface area (Å²) in [6.45, 7) is 6.85. The standard InChI is InChI=1S/C24H29N5O3S/c1-15-5-6-16(2)21(13-15)33(31,32)29-11-9-28(10-12-29)24(30)19-14-20(18-7-8-18)25-23-22(19)17(3)26-27(23)4/h5-6,13-14,18H,7-12H2,1-4H3. The maximum absolute atomic E-state index is 13.6. The molecule has 2 fully saturated rings. The Balaban J connectivity index is 1.40. The maximum Gasteiger partial charge on any atom is 0.254 e. The molecule has 0 atom stereocenters. The first-order valence-electron chi connectivity index (χ1n) is 11.4. The van der Waals surface area contributed by atoms with Crippen molar-refractivity contribution in [2.75, 3.05) is 26.2 Å². The summed E-state index contributed by atoms with van der Waals surface area (Å²) < 4.78 is 29.7. The van der Waals surface area contributed by atoms with Crippen molar-refractivity contribution in [2.24, 2.45) is 7.05 Å². The van der Waals surface area contributed by atoms with Crippen LogP contribution < -0.4 is 0 Å². The SMILES string of the molecule is Cc1ccc(C)c(S(=O)(=O)N2CCN(C(=O)c3cc(C4CC4)nc4c3c(C)nn4C)CC2)c1. The molecule has 0 spiro atoms. The van der Waals surface area contributed by atoms with E-state index in [1.807, 2.05) is 46.0 Å². The first-order valence-corrected chi connectivity index (χ1v) is 12.8. The van der Waals surface area contributed by atoms with Gasteiger partial charge in [-0.05, 0) is 56.9 Å². The number of fused-ring (bicyclic) bond motifs is 1. The van der Waals surface area contributed by atoms with Gasteiger partial charge in [0.05, 0.1) is 21.5 Å². The molecule has 1 aromatic carbocycles. The lowest BCUT2D eigenvalue weighted by Crippen LogP contribution is -2.50.